The number of hydrogen-bond donors (Lipinski definition) is 0. The molecular weight excluding hydrogens is 985 g/mol. The summed E-state index contributed by atoms with van der Waals surface area (Å²) in [5.41, 5.74) is 0. The van der Waals surface area contributed by atoms with E-state index in [1.54, 1.807) is 0 Å². The Bertz CT molecular complexity index is 1110. The second-order valence-corrected chi connectivity index (χ2v) is 27.4. The molecule has 0 aromatic rings. The zero-order chi connectivity index (χ0) is 52.7. The predicted molar refractivity (Wildman–Crippen MR) is 339 cm³/mol. The molecule has 0 aromatic heterocycles. The molecule has 0 saturated carbocycles. The topological polar surface area (TPSA) is 36.9 Å². The lowest BCUT2D eigenvalue weighted by Gasteiger charge is -2.08. The van der Waals surface area contributed by atoms with Gasteiger partial charge in [0.15, 0.2) is 0 Å². The number of rotatable bonds is 60. The van der Waals surface area contributed by atoms with E-state index < -0.39 is 0 Å². The van der Waals surface area contributed by atoms with Crippen LogP contribution >= 0.6 is 47.0 Å². The highest BCUT2D eigenvalue weighted by atomic mass is 32.2. The van der Waals surface area contributed by atoms with Crippen molar-refractivity contribution in [3.8, 4) is 0 Å². The average Bonchev–Trinajstić information content (AvgIpc) is 4.02. The van der Waals surface area contributed by atoms with Gasteiger partial charge >= 0.3 is 0 Å². The Morgan fingerprint density at radius 3 is 0.473 bits per heavy atom. The molecular formula is C66H124O4S4. The molecule has 2 aliphatic rings. The van der Waals surface area contributed by atoms with E-state index in [9.17, 15) is 0 Å². The molecule has 74 heavy (non-hydrogen) atoms. The molecule has 0 unspecified atom stereocenters. The van der Waals surface area contributed by atoms with E-state index in [1.807, 2.05) is 47.0 Å². The third kappa shape index (κ3) is 43.3. The van der Waals surface area contributed by atoms with Gasteiger partial charge in [0.05, 0.1) is 34.9 Å². The van der Waals surface area contributed by atoms with Crippen LogP contribution in [0.2, 0.25) is 0 Å². The van der Waals surface area contributed by atoms with Crippen LogP contribution in [-0.4, -0.2) is 52.9 Å². The van der Waals surface area contributed by atoms with Crippen molar-refractivity contribution in [2.75, 3.05) is 52.9 Å². The van der Waals surface area contributed by atoms with Crippen LogP contribution in [0.3, 0.4) is 0 Å². The van der Waals surface area contributed by atoms with Gasteiger partial charge in [-0.05, 0) is 25.7 Å². The van der Waals surface area contributed by atoms with Crippen LogP contribution in [-0.2, 0) is 18.9 Å². The van der Waals surface area contributed by atoms with Crippen molar-refractivity contribution >= 4 is 47.0 Å². The first-order chi connectivity index (χ1) is 36.7. The summed E-state index contributed by atoms with van der Waals surface area (Å²) in [6.45, 7) is 15.5. The Labute approximate surface area is 479 Å². The van der Waals surface area contributed by atoms with Gasteiger partial charge in [-0.3, -0.25) is 0 Å². The van der Waals surface area contributed by atoms with E-state index in [0.717, 1.165) is 26.4 Å². The minimum Gasteiger partial charge on any atom is -0.376 e. The third-order valence-electron chi connectivity index (χ3n) is 15.2. The Balaban J connectivity index is 1.88. The number of unbranched alkanes of at least 4 members (excludes halogenated alkanes) is 44. The van der Waals surface area contributed by atoms with Crippen LogP contribution < -0.4 is 0 Å². The van der Waals surface area contributed by atoms with Crippen LogP contribution in [0, 0.1) is 0 Å². The van der Waals surface area contributed by atoms with Gasteiger partial charge in [-0.1, -0.05) is 357 Å². The van der Waals surface area contributed by atoms with Crippen LogP contribution in [0.25, 0.3) is 0 Å². The molecule has 8 heteroatoms. The zero-order valence-electron chi connectivity index (χ0n) is 49.9. The van der Waals surface area contributed by atoms with Crippen LogP contribution in [0.5, 0.6) is 0 Å². The highest BCUT2D eigenvalue weighted by molar-refractivity contribution is 8.34. The summed E-state index contributed by atoms with van der Waals surface area (Å²) in [4.78, 5) is 5.48. The van der Waals surface area contributed by atoms with Crippen molar-refractivity contribution in [1.82, 2.24) is 0 Å². The molecule has 0 spiro atoms. The maximum atomic E-state index is 6.45. The maximum absolute atomic E-state index is 6.45. The molecule has 0 saturated heterocycles. The normalized spacial score (nSPS) is 14.1. The zero-order valence-corrected chi connectivity index (χ0v) is 53.1. The summed E-state index contributed by atoms with van der Waals surface area (Å²) in [6.07, 6.45) is 65.9. The van der Waals surface area contributed by atoms with Gasteiger partial charge in [0.2, 0.25) is 0 Å². The fourth-order valence-corrected chi connectivity index (χ4v) is 15.7. The molecule has 2 rings (SSSR count). The first-order valence-electron chi connectivity index (χ1n) is 32.9. The van der Waals surface area contributed by atoms with Gasteiger partial charge in [0.25, 0.3) is 0 Å². The summed E-state index contributed by atoms with van der Waals surface area (Å²) in [7, 11) is 0. The van der Waals surface area contributed by atoms with Crippen molar-refractivity contribution in [2.45, 2.75) is 336 Å². The molecule has 0 fully saturated rings. The van der Waals surface area contributed by atoms with E-state index in [4.69, 9.17) is 18.9 Å². The molecule has 2 heterocycles. The van der Waals surface area contributed by atoms with Crippen molar-refractivity contribution in [1.29, 1.82) is 0 Å². The first-order valence-corrected chi connectivity index (χ1v) is 36.2. The highest BCUT2D eigenvalue weighted by Crippen LogP contribution is 2.60. The Kier molecular flexibility index (Phi) is 54.1. The SMILES string of the molecule is CCCCCCCCCCCCCCOCC1=C(COCCCCCCCCCCCCCC)SC(=C2SC(COCCCCCCCCCCCCCC)=C(COCCCCCCCCCCCCCC)S2)S1. The van der Waals surface area contributed by atoms with E-state index in [-0.39, 0.29) is 0 Å². The lowest BCUT2D eigenvalue weighted by Crippen LogP contribution is -2.03. The van der Waals surface area contributed by atoms with Gasteiger partial charge in [0.1, 0.15) is 0 Å². The predicted octanol–water partition coefficient (Wildman–Crippen LogP) is 24.4. The number of hydrogen-bond acceptors (Lipinski definition) is 8. The Morgan fingerprint density at radius 1 is 0.189 bits per heavy atom. The summed E-state index contributed by atoms with van der Waals surface area (Å²) >= 11 is 7.82. The second-order valence-electron chi connectivity index (χ2n) is 22.4. The molecule has 436 valence electrons. The molecule has 0 aromatic carbocycles. The van der Waals surface area contributed by atoms with Gasteiger partial charge < -0.3 is 18.9 Å². The standard InChI is InChI=1S/C66H124O4S4/c1-5-9-13-17-21-25-29-33-37-41-45-49-53-67-57-61-62(58-68-54-50-46-42-38-34-30-26-22-18-14-10-6-2)72-65(71-61)66-73-63(59-69-55-51-47-43-39-35-31-27-23-19-15-11-7-3)64(74-66)60-70-56-52-48-44-40-36-32-28-24-20-16-12-8-4/h5-60H2,1-4H3. The third-order valence-corrected chi connectivity index (χ3v) is 20.9. The van der Waals surface area contributed by atoms with E-state index in [2.05, 4.69) is 27.7 Å². The summed E-state index contributed by atoms with van der Waals surface area (Å²) in [5, 5.41) is 0. The molecule has 0 atom stereocenters. The first kappa shape index (κ1) is 70.6. The molecule has 0 bridgehead atoms. The largest absolute Gasteiger partial charge is 0.376 e. The molecule has 0 aliphatic carbocycles. The fraction of sp³-hybridized carbons (Fsp3) is 0.909. The second kappa shape index (κ2) is 56.7. The fourth-order valence-electron chi connectivity index (χ4n) is 10.2. The number of thioether (sulfide) groups is 4. The summed E-state index contributed by atoms with van der Waals surface area (Å²) in [6, 6.07) is 0. The monoisotopic (exact) mass is 1110 g/mol. The Hall–Kier alpha value is 0.460. The molecule has 4 nitrogen and oxygen atoms in total. The smallest absolute Gasteiger partial charge is 0.0788 e. The van der Waals surface area contributed by atoms with Crippen molar-refractivity contribution in [3.05, 3.63) is 28.1 Å². The lowest BCUT2D eigenvalue weighted by molar-refractivity contribution is 0.146. The lowest BCUT2D eigenvalue weighted by atomic mass is 10.1. The van der Waals surface area contributed by atoms with Crippen molar-refractivity contribution < 1.29 is 18.9 Å². The van der Waals surface area contributed by atoms with Gasteiger partial charge in [-0.15, -0.1) is 0 Å². The minimum atomic E-state index is 0.705. The minimum absolute atomic E-state index is 0.705. The quantitative estimate of drug-likeness (QED) is 0.0558. The van der Waals surface area contributed by atoms with E-state index in [1.165, 1.54) is 336 Å². The maximum Gasteiger partial charge on any atom is 0.0788 e. The highest BCUT2D eigenvalue weighted by Gasteiger charge is 2.30. The van der Waals surface area contributed by atoms with Gasteiger partial charge in [-0.25, -0.2) is 0 Å². The molecule has 2 aliphatic heterocycles. The summed E-state index contributed by atoms with van der Waals surface area (Å²) in [5.74, 6) is 0. The average molecular weight is 1110 g/mol. The van der Waals surface area contributed by atoms with Crippen LogP contribution in [0.15, 0.2) is 28.1 Å². The number of ether oxygens (including phenoxy) is 4. The van der Waals surface area contributed by atoms with Crippen LogP contribution in [0.4, 0.5) is 0 Å². The van der Waals surface area contributed by atoms with Crippen molar-refractivity contribution in [3.63, 3.8) is 0 Å². The summed E-state index contributed by atoms with van der Waals surface area (Å²) < 4.78 is 28.6. The Morgan fingerprint density at radius 2 is 0.324 bits per heavy atom. The molecule has 0 amide bonds. The molecule has 0 radical (unpaired) electrons. The van der Waals surface area contributed by atoms with Gasteiger partial charge in [0, 0.05) is 46.0 Å². The van der Waals surface area contributed by atoms with Gasteiger partial charge in [-0.2, -0.15) is 0 Å². The van der Waals surface area contributed by atoms with Crippen LogP contribution in [0.1, 0.15) is 336 Å². The van der Waals surface area contributed by atoms with E-state index >= 15 is 0 Å². The van der Waals surface area contributed by atoms with E-state index in [0.29, 0.717) is 26.4 Å². The van der Waals surface area contributed by atoms with Crippen molar-refractivity contribution in [2.24, 2.45) is 0 Å². The molecule has 0 N–H and O–H groups in total.